The summed E-state index contributed by atoms with van der Waals surface area (Å²) < 4.78 is 5.88. The molecule has 0 aliphatic rings. The Hall–Kier alpha value is -1.61. The van der Waals surface area contributed by atoms with E-state index in [1.165, 1.54) is 82.0 Å². The van der Waals surface area contributed by atoms with Gasteiger partial charge in [0.2, 0.25) is 0 Å². The van der Waals surface area contributed by atoms with E-state index in [0.717, 1.165) is 6.26 Å². The topological polar surface area (TPSA) is 26.3 Å². The van der Waals surface area contributed by atoms with Gasteiger partial charge in [0.15, 0.2) is 0 Å². The van der Waals surface area contributed by atoms with Crippen LogP contribution in [0.25, 0.3) is 0 Å². The zero-order valence-electron chi connectivity index (χ0n) is 18.9. The second kappa shape index (κ2) is 17.5. The van der Waals surface area contributed by atoms with Crippen molar-refractivity contribution in [3.05, 3.63) is 48.7 Å². The van der Waals surface area contributed by atoms with Crippen molar-refractivity contribution < 1.29 is 14.0 Å². The molecule has 0 saturated heterocycles. The predicted molar refractivity (Wildman–Crippen MR) is 121 cm³/mol. The second-order valence-electron chi connectivity index (χ2n) is 7.43. The highest BCUT2D eigenvalue weighted by Crippen LogP contribution is 2.12. The van der Waals surface area contributed by atoms with Crippen molar-refractivity contribution in [2.75, 3.05) is 26.2 Å². The van der Waals surface area contributed by atoms with E-state index in [2.05, 4.69) is 39.0 Å². The van der Waals surface area contributed by atoms with Crippen LogP contribution < -0.4 is 0 Å². The van der Waals surface area contributed by atoms with Gasteiger partial charge in [-0.1, -0.05) is 70.2 Å². The molecule has 0 aliphatic heterocycles. The molecule has 1 aromatic carbocycles. The third-order valence-electron chi connectivity index (χ3n) is 5.70. The SMILES string of the molecule is C=COC(=O)c1ccccc1.CCCCCCCCCC[N+](CC)(CC)CC. The van der Waals surface area contributed by atoms with Gasteiger partial charge in [-0.2, -0.15) is 0 Å². The molecule has 160 valence electrons. The minimum atomic E-state index is -0.374. The smallest absolute Gasteiger partial charge is 0.342 e. The molecule has 0 heterocycles. The number of ether oxygens (including phenoxy) is 1. The molecule has 0 amide bonds. The predicted octanol–water partition coefficient (Wildman–Crippen LogP) is 6.99. The van der Waals surface area contributed by atoms with Gasteiger partial charge in [-0.05, 0) is 45.7 Å². The van der Waals surface area contributed by atoms with Crippen LogP contribution in [0.15, 0.2) is 43.2 Å². The van der Waals surface area contributed by atoms with Crippen LogP contribution in [0.3, 0.4) is 0 Å². The number of quaternary nitrogens is 1. The molecule has 3 heteroatoms. The summed E-state index contributed by atoms with van der Waals surface area (Å²) >= 11 is 0. The van der Waals surface area contributed by atoms with Crippen molar-refractivity contribution in [3.8, 4) is 0 Å². The first-order chi connectivity index (χ1) is 13.6. The van der Waals surface area contributed by atoms with Gasteiger partial charge >= 0.3 is 5.97 Å². The number of unbranched alkanes of at least 4 members (excludes halogenated alkanes) is 7. The van der Waals surface area contributed by atoms with E-state index in [-0.39, 0.29) is 5.97 Å². The normalized spacial score (nSPS) is 10.7. The van der Waals surface area contributed by atoms with Gasteiger partial charge in [-0.25, -0.2) is 4.79 Å². The van der Waals surface area contributed by atoms with Crippen molar-refractivity contribution in [1.29, 1.82) is 0 Å². The number of nitrogens with zero attached hydrogens (tertiary/aromatic N) is 1. The Labute approximate surface area is 174 Å². The molecule has 28 heavy (non-hydrogen) atoms. The van der Waals surface area contributed by atoms with E-state index >= 15 is 0 Å². The fraction of sp³-hybridized carbons (Fsp3) is 0.640. The number of hydrogen-bond acceptors (Lipinski definition) is 2. The van der Waals surface area contributed by atoms with E-state index in [4.69, 9.17) is 0 Å². The molecule has 0 bridgehead atoms. The third kappa shape index (κ3) is 12.0. The van der Waals surface area contributed by atoms with Crippen LogP contribution in [0.1, 0.15) is 89.4 Å². The van der Waals surface area contributed by atoms with Crippen LogP contribution in [0, 0.1) is 0 Å². The maximum atomic E-state index is 11.0. The molecular formula is C25H44NO2+. The van der Waals surface area contributed by atoms with Gasteiger partial charge in [0.1, 0.15) is 0 Å². The molecule has 0 spiro atoms. The van der Waals surface area contributed by atoms with Gasteiger partial charge in [-0.3, -0.25) is 0 Å². The molecule has 1 rings (SSSR count). The first-order valence-corrected chi connectivity index (χ1v) is 11.3. The van der Waals surface area contributed by atoms with Crippen molar-refractivity contribution >= 4 is 5.97 Å². The maximum Gasteiger partial charge on any atom is 0.342 e. The van der Waals surface area contributed by atoms with E-state index < -0.39 is 0 Å². The fourth-order valence-electron chi connectivity index (χ4n) is 3.44. The van der Waals surface area contributed by atoms with Gasteiger partial charge in [0.05, 0.1) is 38.0 Å². The summed E-state index contributed by atoms with van der Waals surface area (Å²) in [4.78, 5) is 11.0. The maximum absolute atomic E-state index is 11.0. The number of carbonyl (C=O) groups is 1. The largest absolute Gasteiger partial charge is 0.432 e. The summed E-state index contributed by atoms with van der Waals surface area (Å²) in [5, 5.41) is 0. The second-order valence-corrected chi connectivity index (χ2v) is 7.43. The molecule has 0 aromatic heterocycles. The van der Waals surface area contributed by atoms with Crippen LogP contribution in [0.5, 0.6) is 0 Å². The Morgan fingerprint density at radius 1 is 0.857 bits per heavy atom. The highest BCUT2D eigenvalue weighted by molar-refractivity contribution is 5.89. The van der Waals surface area contributed by atoms with Crippen LogP contribution in [-0.2, 0) is 4.74 Å². The van der Waals surface area contributed by atoms with E-state index in [1.54, 1.807) is 24.3 Å². The average molecular weight is 391 g/mol. The molecule has 0 aliphatic carbocycles. The van der Waals surface area contributed by atoms with Crippen LogP contribution in [-0.4, -0.2) is 36.6 Å². The molecule has 0 unspecified atom stereocenters. The van der Waals surface area contributed by atoms with Gasteiger partial charge in [0.25, 0.3) is 0 Å². The number of carbonyl (C=O) groups excluding carboxylic acids is 1. The van der Waals surface area contributed by atoms with Crippen LogP contribution in [0.4, 0.5) is 0 Å². The molecule has 0 atom stereocenters. The molecule has 1 aromatic rings. The zero-order chi connectivity index (χ0) is 21.1. The van der Waals surface area contributed by atoms with Crippen molar-refractivity contribution in [2.45, 2.75) is 79.1 Å². The Kier molecular flexibility index (Phi) is 16.5. The minimum absolute atomic E-state index is 0.374. The molecule has 0 fully saturated rings. The lowest BCUT2D eigenvalue weighted by atomic mass is 10.1. The summed E-state index contributed by atoms with van der Waals surface area (Å²) in [6.07, 6.45) is 12.6. The minimum Gasteiger partial charge on any atom is -0.432 e. The lowest BCUT2D eigenvalue weighted by Gasteiger charge is -2.35. The number of benzene rings is 1. The Morgan fingerprint density at radius 2 is 1.36 bits per heavy atom. The Balaban J connectivity index is 0.000000567. The van der Waals surface area contributed by atoms with Gasteiger partial charge < -0.3 is 9.22 Å². The molecule has 3 nitrogen and oxygen atoms in total. The Bertz CT molecular complexity index is 486. The lowest BCUT2D eigenvalue weighted by molar-refractivity contribution is -0.923. The number of rotatable bonds is 14. The quantitative estimate of drug-likeness (QED) is 0.148. The first kappa shape index (κ1) is 26.4. The number of esters is 1. The summed E-state index contributed by atoms with van der Waals surface area (Å²) in [5.41, 5.74) is 0.535. The molecule has 0 N–H and O–H groups in total. The van der Waals surface area contributed by atoms with Crippen molar-refractivity contribution in [1.82, 2.24) is 0 Å². The summed E-state index contributed by atoms with van der Waals surface area (Å²) in [5.74, 6) is -0.374. The molecular weight excluding hydrogens is 346 g/mol. The van der Waals surface area contributed by atoms with E-state index in [9.17, 15) is 4.79 Å². The highest BCUT2D eigenvalue weighted by atomic mass is 16.5. The molecule has 0 radical (unpaired) electrons. The third-order valence-corrected chi connectivity index (χ3v) is 5.70. The summed E-state index contributed by atoms with van der Waals surface area (Å²) in [7, 11) is 0. The van der Waals surface area contributed by atoms with Crippen molar-refractivity contribution in [2.24, 2.45) is 0 Å². The Morgan fingerprint density at radius 3 is 1.82 bits per heavy atom. The first-order valence-electron chi connectivity index (χ1n) is 11.3. The van der Waals surface area contributed by atoms with Crippen LogP contribution >= 0.6 is 0 Å². The van der Waals surface area contributed by atoms with Gasteiger partial charge in [-0.15, -0.1) is 0 Å². The summed E-state index contributed by atoms with van der Waals surface area (Å²) in [6, 6.07) is 8.77. The van der Waals surface area contributed by atoms with E-state index in [1.807, 2.05) is 6.07 Å². The van der Waals surface area contributed by atoms with Crippen LogP contribution in [0.2, 0.25) is 0 Å². The average Bonchev–Trinajstić information content (AvgIpc) is 2.74. The highest BCUT2D eigenvalue weighted by Gasteiger charge is 2.19. The fourth-order valence-corrected chi connectivity index (χ4v) is 3.44. The standard InChI is InChI=1S/C16H36N.C9H8O2/c1-5-9-10-11-12-13-14-15-16-17(6-2,7-3)8-4;1-2-11-9(10)8-6-4-3-5-7-8/h5-16H2,1-4H3;2-7H,1H2/q+1;. The summed E-state index contributed by atoms with van der Waals surface area (Å²) in [6.45, 7) is 17.9. The number of hydrogen-bond donors (Lipinski definition) is 0. The molecule has 0 saturated carbocycles. The van der Waals surface area contributed by atoms with Gasteiger partial charge in [0, 0.05) is 0 Å². The van der Waals surface area contributed by atoms with E-state index in [0.29, 0.717) is 5.56 Å². The van der Waals surface area contributed by atoms with Crippen molar-refractivity contribution in [3.63, 3.8) is 0 Å². The zero-order valence-corrected chi connectivity index (χ0v) is 18.9. The lowest BCUT2D eigenvalue weighted by Crippen LogP contribution is -2.48. The monoisotopic (exact) mass is 390 g/mol.